The molecule has 0 aromatic heterocycles. The van der Waals surface area contributed by atoms with Crippen LogP contribution in [0.25, 0.3) is 0 Å². The number of hydrogen-bond donors (Lipinski definition) is 0. The Morgan fingerprint density at radius 3 is 2.67 bits per heavy atom. The Morgan fingerprint density at radius 2 is 2.07 bits per heavy atom. The Hall–Kier alpha value is -0.810. The second kappa shape index (κ2) is 6.63. The Kier molecular flexibility index (Phi) is 5.42. The molecule has 82 valence electrons. The van der Waals surface area contributed by atoms with Crippen molar-refractivity contribution in [3.8, 4) is 9.85 Å². The van der Waals surface area contributed by atoms with Gasteiger partial charge >= 0.3 is 11.9 Å². The summed E-state index contributed by atoms with van der Waals surface area (Å²) in [5.41, 5.74) is 0. The van der Waals surface area contributed by atoms with Crippen LogP contribution in [0.15, 0.2) is 0 Å². The number of rotatable bonds is 1. The molecule has 0 saturated carbocycles. The molecule has 1 aliphatic rings. The lowest BCUT2D eigenvalue weighted by atomic mass is 10.4. The molecule has 1 amide bonds. The normalized spacial score (nSPS) is 15.1. The van der Waals surface area contributed by atoms with Gasteiger partial charge in [-0.2, -0.15) is 0 Å². The summed E-state index contributed by atoms with van der Waals surface area (Å²) in [6.07, 6.45) is 0. The van der Waals surface area contributed by atoms with E-state index in [1.54, 1.807) is 0 Å². The van der Waals surface area contributed by atoms with E-state index in [4.69, 9.17) is 4.74 Å². The van der Waals surface area contributed by atoms with E-state index in [0.29, 0.717) is 26.3 Å². The summed E-state index contributed by atoms with van der Waals surface area (Å²) in [5, 5.41) is 0. The van der Waals surface area contributed by atoms with Crippen LogP contribution in [-0.4, -0.2) is 49.7 Å². The quantitative estimate of drug-likeness (QED) is 0.290. The van der Waals surface area contributed by atoms with Gasteiger partial charge in [0.05, 0.1) is 13.2 Å². The van der Waals surface area contributed by atoms with Crippen molar-refractivity contribution in [1.82, 2.24) is 4.90 Å². The van der Waals surface area contributed by atoms with E-state index >= 15 is 0 Å². The van der Waals surface area contributed by atoms with Crippen LogP contribution in [0, 0.1) is 9.85 Å². The number of esters is 1. The number of carbonyl (C=O) groups is 2. The second-order valence-electron chi connectivity index (χ2n) is 2.75. The lowest BCUT2D eigenvalue weighted by molar-refractivity contribution is -0.161. The highest BCUT2D eigenvalue weighted by Gasteiger charge is 2.24. The van der Waals surface area contributed by atoms with Gasteiger partial charge in [0.2, 0.25) is 0 Å². The molecule has 5 nitrogen and oxygen atoms in total. The number of halogens is 1. The first-order valence-electron chi connectivity index (χ1n) is 4.38. The Labute approximate surface area is 101 Å². The minimum absolute atomic E-state index is 0.0438. The minimum Gasteiger partial charge on any atom is -0.445 e. The third kappa shape index (κ3) is 4.05. The molecule has 0 radical (unpaired) electrons. The highest BCUT2D eigenvalue weighted by Crippen LogP contribution is 1.98. The lowest BCUT2D eigenvalue weighted by Gasteiger charge is -2.25. The van der Waals surface area contributed by atoms with Crippen molar-refractivity contribution in [2.45, 2.75) is 0 Å². The van der Waals surface area contributed by atoms with Crippen molar-refractivity contribution in [3.05, 3.63) is 0 Å². The highest BCUT2D eigenvalue weighted by atomic mass is 127. The van der Waals surface area contributed by atoms with Crippen LogP contribution in [0.1, 0.15) is 0 Å². The summed E-state index contributed by atoms with van der Waals surface area (Å²) in [4.78, 5) is 24.1. The van der Waals surface area contributed by atoms with Crippen molar-refractivity contribution in [3.63, 3.8) is 0 Å². The van der Waals surface area contributed by atoms with Gasteiger partial charge in [-0.05, 0) is 3.93 Å². The molecule has 0 spiro atoms. The molecule has 6 heteroatoms. The number of nitrogens with zero attached hydrogens (tertiary/aromatic N) is 1. The third-order valence-electron chi connectivity index (χ3n) is 1.82. The maximum absolute atomic E-state index is 11.4. The fourth-order valence-electron chi connectivity index (χ4n) is 1.09. The van der Waals surface area contributed by atoms with Gasteiger partial charge in [-0.3, -0.25) is 4.79 Å². The van der Waals surface area contributed by atoms with E-state index in [1.807, 2.05) is 22.6 Å². The third-order valence-corrected chi connectivity index (χ3v) is 2.20. The molecule has 1 aliphatic heterocycles. The molecule has 0 bridgehead atoms. The zero-order valence-corrected chi connectivity index (χ0v) is 10.2. The molecule has 0 aromatic carbocycles. The number of hydrogen-bond acceptors (Lipinski definition) is 4. The van der Waals surface area contributed by atoms with E-state index < -0.39 is 11.9 Å². The van der Waals surface area contributed by atoms with Gasteiger partial charge in [-0.15, -0.1) is 0 Å². The lowest BCUT2D eigenvalue weighted by Crippen LogP contribution is -2.44. The summed E-state index contributed by atoms with van der Waals surface area (Å²) in [7, 11) is 0. The van der Waals surface area contributed by atoms with Gasteiger partial charge in [0, 0.05) is 35.7 Å². The molecule has 1 saturated heterocycles. The van der Waals surface area contributed by atoms with Crippen molar-refractivity contribution in [2.24, 2.45) is 0 Å². The smallest absolute Gasteiger partial charge is 0.397 e. The highest BCUT2D eigenvalue weighted by molar-refractivity contribution is 14.1. The summed E-state index contributed by atoms with van der Waals surface area (Å²) < 4.78 is 12.2. The fraction of sp³-hybridized carbons (Fsp3) is 0.556. The standard InChI is InChI=1S/C9H10INO4/c10-2-1-5-15-9(13)8(12)11-3-6-14-7-4-11/h3-7H2. The van der Waals surface area contributed by atoms with Crippen LogP contribution in [0.5, 0.6) is 0 Å². The molecular formula is C9H10INO4. The fourth-order valence-corrected chi connectivity index (χ4v) is 1.24. The Balaban J connectivity index is 2.36. The zero-order valence-electron chi connectivity index (χ0n) is 7.99. The molecular weight excluding hydrogens is 313 g/mol. The van der Waals surface area contributed by atoms with Gasteiger partial charge in [-0.25, -0.2) is 4.79 Å². The molecule has 1 fully saturated rings. The molecule has 0 unspecified atom stereocenters. The van der Waals surface area contributed by atoms with Crippen LogP contribution in [-0.2, 0) is 19.1 Å². The number of ether oxygens (including phenoxy) is 2. The average molecular weight is 323 g/mol. The maximum atomic E-state index is 11.4. The van der Waals surface area contributed by atoms with Crippen molar-refractivity contribution < 1.29 is 19.1 Å². The summed E-state index contributed by atoms with van der Waals surface area (Å²) in [6, 6.07) is 0. The van der Waals surface area contributed by atoms with Crippen molar-refractivity contribution in [1.29, 1.82) is 0 Å². The average Bonchev–Trinajstić information content (AvgIpc) is 2.29. The van der Waals surface area contributed by atoms with Gasteiger partial charge in [0.15, 0.2) is 6.61 Å². The van der Waals surface area contributed by atoms with Gasteiger partial charge < -0.3 is 14.4 Å². The summed E-state index contributed by atoms with van der Waals surface area (Å²) in [5.74, 6) is 1.07. The van der Waals surface area contributed by atoms with E-state index in [9.17, 15) is 9.59 Å². The van der Waals surface area contributed by atoms with E-state index in [0.717, 1.165) is 0 Å². The van der Waals surface area contributed by atoms with Crippen LogP contribution < -0.4 is 0 Å². The van der Waals surface area contributed by atoms with E-state index in [-0.39, 0.29) is 6.61 Å². The first-order valence-corrected chi connectivity index (χ1v) is 5.46. The van der Waals surface area contributed by atoms with Crippen LogP contribution in [0.4, 0.5) is 0 Å². The topological polar surface area (TPSA) is 55.8 Å². The predicted molar refractivity (Wildman–Crippen MR) is 60.2 cm³/mol. The Morgan fingerprint density at radius 1 is 1.40 bits per heavy atom. The van der Waals surface area contributed by atoms with Gasteiger partial charge in [0.1, 0.15) is 0 Å². The SMILES string of the molecule is O=C(OCC#CI)C(=O)N1CCOCC1. The first-order chi connectivity index (χ1) is 7.25. The van der Waals surface area contributed by atoms with E-state index in [2.05, 4.69) is 14.6 Å². The van der Waals surface area contributed by atoms with Gasteiger partial charge in [-0.1, -0.05) is 5.92 Å². The molecule has 15 heavy (non-hydrogen) atoms. The monoisotopic (exact) mass is 323 g/mol. The molecule has 1 heterocycles. The predicted octanol–water partition coefficient (Wildman–Crippen LogP) is -0.216. The van der Waals surface area contributed by atoms with Crippen molar-refractivity contribution >= 4 is 34.5 Å². The molecule has 0 N–H and O–H groups in total. The maximum Gasteiger partial charge on any atom is 0.397 e. The van der Waals surface area contributed by atoms with Gasteiger partial charge in [0.25, 0.3) is 0 Å². The summed E-state index contributed by atoms with van der Waals surface area (Å²) >= 11 is 1.83. The molecule has 1 rings (SSSR count). The Bertz CT molecular complexity index is 301. The molecule has 0 aromatic rings. The number of carbonyl (C=O) groups excluding carboxylic acids is 2. The summed E-state index contributed by atoms with van der Waals surface area (Å²) in [6.45, 7) is 1.76. The van der Waals surface area contributed by atoms with Crippen LogP contribution in [0.3, 0.4) is 0 Å². The number of amides is 1. The zero-order chi connectivity index (χ0) is 11.1. The van der Waals surface area contributed by atoms with Crippen molar-refractivity contribution in [2.75, 3.05) is 32.9 Å². The largest absolute Gasteiger partial charge is 0.445 e. The minimum atomic E-state index is -0.851. The van der Waals surface area contributed by atoms with Crippen LogP contribution in [0.2, 0.25) is 0 Å². The second-order valence-corrected chi connectivity index (χ2v) is 3.29. The van der Waals surface area contributed by atoms with Crippen LogP contribution >= 0.6 is 22.6 Å². The number of morpholine rings is 1. The van der Waals surface area contributed by atoms with E-state index in [1.165, 1.54) is 4.90 Å². The molecule has 0 aliphatic carbocycles. The molecule has 0 atom stereocenters. The first kappa shape index (κ1) is 12.3.